The molecule has 33 heavy (non-hydrogen) atoms. The molecule has 1 atom stereocenters. The molecule has 2 aromatic heterocycles. The van der Waals surface area contributed by atoms with Crippen molar-refractivity contribution in [3.63, 3.8) is 0 Å². The molecule has 1 saturated carbocycles. The number of halogens is 1. The molecule has 2 aromatic carbocycles. The minimum Gasteiger partial charge on any atom is -0.344 e. The van der Waals surface area contributed by atoms with E-state index in [2.05, 4.69) is 39.8 Å². The quantitative estimate of drug-likeness (QED) is 0.326. The number of thiophene rings is 1. The third-order valence-electron chi connectivity index (χ3n) is 5.57. The number of carbonyl (C=O) groups excluding carboxylic acids is 1. The number of aryl methyl sites for hydroxylation is 1. The van der Waals surface area contributed by atoms with E-state index in [-0.39, 0.29) is 29.6 Å². The Morgan fingerprint density at radius 1 is 1.15 bits per heavy atom. The second-order valence-corrected chi connectivity index (χ2v) is 10.0. The summed E-state index contributed by atoms with van der Waals surface area (Å²) in [6.45, 7) is 2.05. The first-order valence-electron chi connectivity index (χ1n) is 10.8. The monoisotopic (exact) mass is 478 g/mol. The van der Waals surface area contributed by atoms with Crippen LogP contribution in [0, 0.1) is 12.7 Å². The average Bonchev–Trinajstić information content (AvgIpc) is 3.34. The second kappa shape index (κ2) is 9.49. The van der Waals surface area contributed by atoms with Crippen LogP contribution in [0.4, 0.5) is 4.39 Å². The average molecular weight is 479 g/mol. The molecule has 1 unspecified atom stereocenters. The maximum absolute atomic E-state index is 14.4. The summed E-state index contributed by atoms with van der Waals surface area (Å²) < 4.78 is 16.4. The Morgan fingerprint density at radius 3 is 2.64 bits per heavy atom. The molecule has 1 amide bonds. The van der Waals surface area contributed by atoms with Gasteiger partial charge in [0.05, 0.1) is 17.4 Å². The standard InChI is InChI=1S/C25H23FN4OS2/c1-16-8-10-17(11-9-16)23(21-7-4-14-32-21)27-22(31)15-33-25-29-28-24(30(25)18-12-13-18)19-5-2-3-6-20(19)26/h2-11,14,18,23H,12-13,15H2,1H3,(H,27,31). The number of benzene rings is 2. The van der Waals surface area contributed by atoms with Crippen LogP contribution in [0.5, 0.6) is 0 Å². The van der Waals surface area contributed by atoms with Gasteiger partial charge in [0.1, 0.15) is 5.82 Å². The first-order chi connectivity index (χ1) is 16.1. The van der Waals surface area contributed by atoms with Crippen LogP contribution in [0.3, 0.4) is 0 Å². The van der Waals surface area contributed by atoms with Gasteiger partial charge in [-0.15, -0.1) is 21.5 Å². The lowest BCUT2D eigenvalue weighted by Crippen LogP contribution is -2.30. The van der Waals surface area contributed by atoms with Gasteiger partial charge in [-0.2, -0.15) is 0 Å². The Hall–Kier alpha value is -2.97. The van der Waals surface area contributed by atoms with Gasteiger partial charge in [0.2, 0.25) is 5.91 Å². The Kier molecular flexibility index (Phi) is 6.28. The number of nitrogens with zero attached hydrogens (tertiary/aromatic N) is 3. The molecule has 8 heteroatoms. The smallest absolute Gasteiger partial charge is 0.231 e. The number of aromatic nitrogens is 3. The van der Waals surface area contributed by atoms with Crippen molar-refractivity contribution >= 4 is 29.0 Å². The SMILES string of the molecule is Cc1ccc(C(NC(=O)CSc2nnc(-c3ccccc3F)n2C2CC2)c2cccs2)cc1. The topological polar surface area (TPSA) is 59.8 Å². The summed E-state index contributed by atoms with van der Waals surface area (Å²) in [5, 5.41) is 14.4. The summed E-state index contributed by atoms with van der Waals surface area (Å²) in [7, 11) is 0. The lowest BCUT2D eigenvalue weighted by molar-refractivity contribution is -0.119. The fraction of sp³-hybridized carbons (Fsp3) is 0.240. The summed E-state index contributed by atoms with van der Waals surface area (Å²) in [6, 6.07) is 18.9. The number of carbonyl (C=O) groups is 1. The van der Waals surface area contributed by atoms with Crippen molar-refractivity contribution in [2.24, 2.45) is 0 Å². The van der Waals surface area contributed by atoms with Gasteiger partial charge in [-0.25, -0.2) is 4.39 Å². The maximum Gasteiger partial charge on any atom is 0.231 e. The highest BCUT2D eigenvalue weighted by atomic mass is 32.2. The van der Waals surface area contributed by atoms with E-state index in [1.54, 1.807) is 29.5 Å². The predicted molar refractivity (Wildman–Crippen MR) is 130 cm³/mol. The Morgan fingerprint density at radius 2 is 1.94 bits per heavy atom. The van der Waals surface area contributed by atoms with Gasteiger partial charge in [-0.1, -0.05) is 59.8 Å². The summed E-state index contributed by atoms with van der Waals surface area (Å²) in [4.78, 5) is 14.0. The fourth-order valence-electron chi connectivity index (χ4n) is 3.73. The van der Waals surface area contributed by atoms with Crippen LogP contribution in [-0.4, -0.2) is 26.4 Å². The second-order valence-electron chi connectivity index (χ2n) is 8.10. The van der Waals surface area contributed by atoms with Gasteiger partial charge in [-0.05, 0) is 48.9 Å². The Labute approximate surface area is 200 Å². The molecule has 0 saturated heterocycles. The minimum atomic E-state index is -0.321. The summed E-state index contributed by atoms with van der Waals surface area (Å²) in [5.41, 5.74) is 2.66. The number of thioether (sulfide) groups is 1. The first-order valence-corrected chi connectivity index (χ1v) is 12.7. The van der Waals surface area contributed by atoms with Crippen LogP contribution >= 0.6 is 23.1 Å². The normalized spacial score (nSPS) is 14.2. The van der Waals surface area contributed by atoms with Crippen molar-refractivity contribution in [2.45, 2.75) is 37.0 Å². The predicted octanol–water partition coefficient (Wildman–Crippen LogP) is 5.79. The van der Waals surface area contributed by atoms with E-state index in [1.807, 2.05) is 29.0 Å². The molecule has 1 aliphatic carbocycles. The molecule has 0 radical (unpaired) electrons. The Bertz CT molecular complexity index is 1250. The third kappa shape index (κ3) is 4.86. The molecule has 5 rings (SSSR count). The zero-order valence-corrected chi connectivity index (χ0v) is 19.7. The summed E-state index contributed by atoms with van der Waals surface area (Å²) in [6.07, 6.45) is 2.01. The highest BCUT2D eigenvalue weighted by molar-refractivity contribution is 7.99. The van der Waals surface area contributed by atoms with Crippen molar-refractivity contribution in [3.8, 4) is 11.4 Å². The van der Waals surface area contributed by atoms with Crippen LogP contribution in [-0.2, 0) is 4.79 Å². The van der Waals surface area contributed by atoms with Gasteiger partial charge >= 0.3 is 0 Å². The third-order valence-corrected chi connectivity index (χ3v) is 7.45. The molecule has 0 aliphatic heterocycles. The highest BCUT2D eigenvalue weighted by Crippen LogP contribution is 2.41. The highest BCUT2D eigenvalue weighted by Gasteiger charge is 2.31. The van der Waals surface area contributed by atoms with Crippen molar-refractivity contribution in [3.05, 3.63) is 87.9 Å². The molecule has 0 bridgehead atoms. The zero-order chi connectivity index (χ0) is 22.8. The summed E-state index contributed by atoms with van der Waals surface area (Å²) >= 11 is 2.96. The number of rotatable bonds is 8. The number of nitrogens with one attached hydrogen (secondary N) is 1. The molecular formula is C25H23FN4OS2. The van der Waals surface area contributed by atoms with Crippen LogP contribution in [0.15, 0.2) is 71.2 Å². The zero-order valence-electron chi connectivity index (χ0n) is 18.1. The van der Waals surface area contributed by atoms with Crippen molar-refractivity contribution in [2.75, 3.05) is 5.75 Å². The van der Waals surface area contributed by atoms with Crippen LogP contribution < -0.4 is 5.32 Å². The summed E-state index contributed by atoms with van der Waals surface area (Å²) in [5.74, 6) is 0.319. The Balaban J connectivity index is 1.33. The van der Waals surface area contributed by atoms with E-state index >= 15 is 0 Å². The molecule has 0 spiro atoms. The molecule has 2 heterocycles. The lowest BCUT2D eigenvalue weighted by Gasteiger charge is -2.18. The lowest BCUT2D eigenvalue weighted by atomic mass is 10.0. The molecule has 5 nitrogen and oxygen atoms in total. The van der Waals surface area contributed by atoms with Gasteiger partial charge in [0.15, 0.2) is 11.0 Å². The maximum atomic E-state index is 14.4. The number of amides is 1. The van der Waals surface area contributed by atoms with E-state index in [9.17, 15) is 9.18 Å². The van der Waals surface area contributed by atoms with E-state index in [0.717, 1.165) is 23.3 Å². The minimum absolute atomic E-state index is 0.0863. The van der Waals surface area contributed by atoms with E-state index < -0.39 is 0 Å². The van der Waals surface area contributed by atoms with Gasteiger partial charge < -0.3 is 5.32 Å². The van der Waals surface area contributed by atoms with E-state index in [0.29, 0.717) is 16.5 Å². The van der Waals surface area contributed by atoms with E-state index in [4.69, 9.17) is 0 Å². The molecule has 1 fully saturated rings. The van der Waals surface area contributed by atoms with Crippen molar-refractivity contribution in [1.82, 2.24) is 20.1 Å². The van der Waals surface area contributed by atoms with Crippen LogP contribution in [0.25, 0.3) is 11.4 Å². The van der Waals surface area contributed by atoms with Gasteiger partial charge in [0, 0.05) is 10.9 Å². The van der Waals surface area contributed by atoms with Gasteiger partial charge in [-0.3, -0.25) is 9.36 Å². The molecule has 1 aliphatic rings. The van der Waals surface area contributed by atoms with Crippen molar-refractivity contribution < 1.29 is 9.18 Å². The van der Waals surface area contributed by atoms with Crippen LogP contribution in [0.2, 0.25) is 0 Å². The van der Waals surface area contributed by atoms with Gasteiger partial charge in [0.25, 0.3) is 0 Å². The van der Waals surface area contributed by atoms with Crippen molar-refractivity contribution in [1.29, 1.82) is 0 Å². The molecule has 1 N–H and O–H groups in total. The molecule has 168 valence electrons. The first kappa shape index (κ1) is 21.9. The molecule has 4 aromatic rings. The fourth-order valence-corrected chi connectivity index (χ4v) is 5.35. The van der Waals surface area contributed by atoms with E-state index in [1.165, 1.54) is 23.4 Å². The number of hydrogen-bond donors (Lipinski definition) is 1. The largest absolute Gasteiger partial charge is 0.344 e. The van der Waals surface area contributed by atoms with Crippen LogP contribution in [0.1, 0.15) is 40.9 Å². The molecular weight excluding hydrogens is 455 g/mol. The number of hydrogen-bond acceptors (Lipinski definition) is 5.